The van der Waals surface area contributed by atoms with Crippen molar-refractivity contribution in [1.82, 2.24) is 14.9 Å². The maximum Gasteiger partial charge on any atom is 0.257 e. The quantitative estimate of drug-likeness (QED) is 0.602. The number of carbonyl (C=O) groups is 2. The van der Waals surface area contributed by atoms with Crippen molar-refractivity contribution in [3.63, 3.8) is 0 Å². The molecule has 158 valence electrons. The Hall–Kier alpha value is -3.19. The van der Waals surface area contributed by atoms with Crippen LogP contribution < -0.4 is 10.6 Å². The molecule has 0 spiro atoms. The zero-order valence-corrected chi connectivity index (χ0v) is 18.3. The lowest BCUT2D eigenvalue weighted by molar-refractivity contribution is -0.114. The number of aromatic nitrogens is 2. The number of amides is 2. The summed E-state index contributed by atoms with van der Waals surface area (Å²) in [6.45, 7) is 8.48. The predicted molar refractivity (Wildman–Crippen MR) is 123 cm³/mol. The van der Waals surface area contributed by atoms with Crippen LogP contribution in [0, 0.1) is 6.92 Å². The van der Waals surface area contributed by atoms with Crippen molar-refractivity contribution in [2.75, 3.05) is 23.7 Å². The van der Waals surface area contributed by atoms with Crippen LogP contribution in [-0.4, -0.2) is 39.8 Å². The van der Waals surface area contributed by atoms with Crippen LogP contribution in [0.2, 0.25) is 0 Å². The van der Waals surface area contributed by atoms with Gasteiger partial charge in [0.2, 0.25) is 5.91 Å². The van der Waals surface area contributed by atoms with E-state index in [1.54, 1.807) is 11.1 Å². The van der Waals surface area contributed by atoms with Gasteiger partial charge in [-0.25, -0.2) is 9.97 Å². The maximum absolute atomic E-state index is 13.1. The fraction of sp³-hybridized carbons (Fsp3) is 0.273. The van der Waals surface area contributed by atoms with Gasteiger partial charge in [-0.15, -0.1) is 12.4 Å². The van der Waals surface area contributed by atoms with Crippen molar-refractivity contribution in [1.29, 1.82) is 0 Å². The number of benzene rings is 1. The summed E-state index contributed by atoms with van der Waals surface area (Å²) in [4.78, 5) is 35.1. The maximum atomic E-state index is 13.1. The average molecular weight is 428 g/mol. The Balaban J connectivity index is 0.00000320. The number of hydrogen-bond donors (Lipinski definition) is 2. The van der Waals surface area contributed by atoms with E-state index < -0.39 is 0 Å². The third kappa shape index (κ3) is 5.04. The lowest BCUT2D eigenvalue weighted by Crippen LogP contribution is -2.31. The van der Waals surface area contributed by atoms with E-state index in [1.165, 1.54) is 6.92 Å². The smallest absolute Gasteiger partial charge is 0.257 e. The second kappa shape index (κ2) is 10.0. The fourth-order valence-corrected chi connectivity index (χ4v) is 3.17. The largest absolute Gasteiger partial charge is 0.354 e. The molecule has 8 heteroatoms. The van der Waals surface area contributed by atoms with Gasteiger partial charge in [-0.2, -0.15) is 0 Å². The number of halogens is 1. The Labute approximate surface area is 182 Å². The molecule has 30 heavy (non-hydrogen) atoms. The molecule has 2 aromatic heterocycles. The summed E-state index contributed by atoms with van der Waals surface area (Å²) in [7, 11) is 0. The molecule has 0 saturated carbocycles. The van der Waals surface area contributed by atoms with E-state index in [1.807, 2.05) is 57.2 Å². The lowest BCUT2D eigenvalue weighted by Gasteiger charge is -2.21. The highest BCUT2D eigenvalue weighted by Gasteiger charge is 2.20. The Kier molecular flexibility index (Phi) is 7.72. The van der Waals surface area contributed by atoms with E-state index in [0.717, 1.165) is 16.8 Å². The summed E-state index contributed by atoms with van der Waals surface area (Å²) >= 11 is 0. The highest BCUT2D eigenvalue weighted by molar-refractivity contribution is 6.07. The van der Waals surface area contributed by atoms with Gasteiger partial charge in [0.1, 0.15) is 0 Å². The van der Waals surface area contributed by atoms with Crippen molar-refractivity contribution < 1.29 is 9.59 Å². The van der Waals surface area contributed by atoms with Gasteiger partial charge in [-0.1, -0.05) is 6.07 Å². The van der Waals surface area contributed by atoms with Crippen LogP contribution in [0.5, 0.6) is 0 Å². The number of carbonyl (C=O) groups excluding carboxylic acids is 2. The van der Waals surface area contributed by atoms with Crippen molar-refractivity contribution in [2.24, 2.45) is 0 Å². The minimum atomic E-state index is -0.145. The number of pyridine rings is 2. The normalized spacial score (nSPS) is 10.3. The first-order chi connectivity index (χ1) is 13.9. The summed E-state index contributed by atoms with van der Waals surface area (Å²) in [5, 5.41) is 6.89. The van der Waals surface area contributed by atoms with Crippen LogP contribution in [-0.2, 0) is 4.79 Å². The van der Waals surface area contributed by atoms with E-state index in [-0.39, 0.29) is 24.2 Å². The number of rotatable bonds is 6. The van der Waals surface area contributed by atoms with Gasteiger partial charge in [0.15, 0.2) is 5.65 Å². The molecule has 2 N–H and O–H groups in total. The van der Waals surface area contributed by atoms with Crippen LogP contribution in [0.25, 0.3) is 11.0 Å². The van der Waals surface area contributed by atoms with E-state index in [4.69, 9.17) is 0 Å². The van der Waals surface area contributed by atoms with Crippen LogP contribution in [0.3, 0.4) is 0 Å². The molecule has 0 aliphatic carbocycles. The zero-order chi connectivity index (χ0) is 21.0. The zero-order valence-electron chi connectivity index (χ0n) is 17.5. The standard InChI is InChI=1S/C22H25N5O2.ClH/c1-5-27(6-2)22(29)19-13-23-21-18(11-10-14(3)24-21)20(19)26-17-9-7-8-16(12-17)25-15(4)28;/h7-13H,5-6H2,1-4H3,(H,25,28)(H,23,24,26);1H. The van der Waals surface area contributed by atoms with Crippen LogP contribution in [0.15, 0.2) is 42.6 Å². The topological polar surface area (TPSA) is 87.2 Å². The van der Waals surface area contributed by atoms with Gasteiger partial charge in [-0.05, 0) is 51.1 Å². The second-order valence-corrected chi connectivity index (χ2v) is 6.74. The molecule has 0 radical (unpaired) electrons. The monoisotopic (exact) mass is 427 g/mol. The van der Waals surface area contributed by atoms with Crippen molar-refractivity contribution in [3.8, 4) is 0 Å². The van der Waals surface area contributed by atoms with Crippen molar-refractivity contribution >= 4 is 52.3 Å². The third-order valence-corrected chi connectivity index (χ3v) is 4.60. The number of anilines is 3. The third-order valence-electron chi connectivity index (χ3n) is 4.60. The van der Waals surface area contributed by atoms with Gasteiger partial charge in [0, 0.05) is 48.7 Å². The molecule has 3 aromatic rings. The van der Waals surface area contributed by atoms with E-state index in [0.29, 0.717) is 35.7 Å². The summed E-state index contributed by atoms with van der Waals surface area (Å²) in [5.74, 6) is -0.237. The van der Waals surface area contributed by atoms with Gasteiger partial charge in [0.25, 0.3) is 5.91 Å². The molecule has 3 rings (SSSR count). The molecule has 0 unspecified atom stereocenters. The van der Waals surface area contributed by atoms with Gasteiger partial charge in [-0.3, -0.25) is 9.59 Å². The van der Waals surface area contributed by atoms with Crippen LogP contribution in [0.4, 0.5) is 17.1 Å². The van der Waals surface area contributed by atoms with Crippen LogP contribution >= 0.6 is 12.4 Å². The Morgan fingerprint density at radius 1 is 1.07 bits per heavy atom. The SMILES string of the molecule is CCN(CC)C(=O)c1cnc2nc(C)ccc2c1Nc1cccc(NC(C)=O)c1.Cl. The Morgan fingerprint density at radius 2 is 1.77 bits per heavy atom. The Morgan fingerprint density at radius 3 is 2.43 bits per heavy atom. The van der Waals surface area contributed by atoms with E-state index in [9.17, 15) is 9.59 Å². The summed E-state index contributed by atoms with van der Waals surface area (Å²) in [6.07, 6.45) is 1.58. The molecule has 7 nitrogen and oxygen atoms in total. The van der Waals surface area contributed by atoms with E-state index >= 15 is 0 Å². The average Bonchev–Trinajstić information content (AvgIpc) is 2.68. The first kappa shape index (κ1) is 23.1. The minimum Gasteiger partial charge on any atom is -0.354 e. The second-order valence-electron chi connectivity index (χ2n) is 6.74. The molecule has 0 fully saturated rings. The highest BCUT2D eigenvalue weighted by Crippen LogP contribution is 2.30. The number of aryl methyl sites for hydroxylation is 1. The number of hydrogen-bond acceptors (Lipinski definition) is 5. The summed E-state index contributed by atoms with van der Waals surface area (Å²) in [5.41, 5.74) is 3.98. The molecule has 1 aromatic carbocycles. The minimum absolute atomic E-state index is 0. The molecule has 0 saturated heterocycles. The van der Waals surface area contributed by atoms with Crippen LogP contribution in [0.1, 0.15) is 36.8 Å². The molecule has 0 atom stereocenters. The van der Waals surface area contributed by atoms with Crippen molar-refractivity contribution in [2.45, 2.75) is 27.7 Å². The fourth-order valence-electron chi connectivity index (χ4n) is 3.17. The first-order valence-corrected chi connectivity index (χ1v) is 9.63. The molecular weight excluding hydrogens is 402 g/mol. The molecule has 2 amide bonds. The molecule has 2 heterocycles. The number of nitrogens with one attached hydrogen (secondary N) is 2. The van der Waals surface area contributed by atoms with Gasteiger partial charge < -0.3 is 15.5 Å². The molecule has 0 bridgehead atoms. The number of nitrogens with zero attached hydrogens (tertiary/aromatic N) is 3. The molecule has 0 aliphatic rings. The first-order valence-electron chi connectivity index (χ1n) is 9.63. The molecule has 0 aliphatic heterocycles. The van der Waals surface area contributed by atoms with E-state index in [2.05, 4.69) is 20.6 Å². The lowest BCUT2D eigenvalue weighted by atomic mass is 10.1. The van der Waals surface area contributed by atoms with Gasteiger partial charge in [0.05, 0.1) is 11.3 Å². The summed E-state index contributed by atoms with van der Waals surface area (Å²) in [6, 6.07) is 11.2. The predicted octanol–water partition coefficient (Wildman–Crippen LogP) is 4.54. The highest BCUT2D eigenvalue weighted by atomic mass is 35.5. The Bertz CT molecular complexity index is 1070. The van der Waals surface area contributed by atoms with Crippen molar-refractivity contribution in [3.05, 3.63) is 53.9 Å². The van der Waals surface area contributed by atoms with Gasteiger partial charge >= 0.3 is 0 Å². The molecular formula is C22H26ClN5O2. The number of fused-ring (bicyclic) bond motifs is 1. The summed E-state index contributed by atoms with van der Waals surface area (Å²) < 4.78 is 0.